The van der Waals surface area contributed by atoms with Crippen LogP contribution in [-0.2, 0) is 6.54 Å². The molecule has 1 aliphatic heterocycles. The van der Waals surface area contributed by atoms with E-state index in [4.69, 9.17) is 0 Å². The minimum atomic E-state index is -0.133. The predicted molar refractivity (Wildman–Crippen MR) is 82.3 cm³/mol. The van der Waals surface area contributed by atoms with Crippen molar-refractivity contribution in [2.24, 2.45) is 5.92 Å². The maximum atomic E-state index is 13.5. The zero-order chi connectivity index (χ0) is 14.7. The molecule has 20 heavy (non-hydrogen) atoms. The van der Waals surface area contributed by atoms with Gasteiger partial charge in [0.1, 0.15) is 5.82 Å². The SMILES string of the molecule is Cc1ccc(F)cc1CN1CC(C(C)C)NCCC1C. The molecule has 1 heterocycles. The summed E-state index contributed by atoms with van der Waals surface area (Å²) in [6.07, 6.45) is 1.15. The molecule has 112 valence electrons. The van der Waals surface area contributed by atoms with Crippen LogP contribution in [0.4, 0.5) is 4.39 Å². The van der Waals surface area contributed by atoms with E-state index in [2.05, 4.69) is 37.9 Å². The first kappa shape index (κ1) is 15.5. The zero-order valence-corrected chi connectivity index (χ0v) is 13.1. The average molecular weight is 278 g/mol. The lowest BCUT2D eigenvalue weighted by Gasteiger charge is -2.31. The van der Waals surface area contributed by atoms with Crippen molar-refractivity contribution in [3.05, 3.63) is 35.1 Å². The summed E-state index contributed by atoms with van der Waals surface area (Å²) in [5, 5.41) is 3.64. The van der Waals surface area contributed by atoms with Crippen LogP contribution in [0.15, 0.2) is 18.2 Å². The summed E-state index contributed by atoms with van der Waals surface area (Å²) in [4.78, 5) is 2.49. The molecule has 3 heteroatoms. The smallest absolute Gasteiger partial charge is 0.123 e. The molecule has 2 nitrogen and oxygen atoms in total. The second-order valence-electron chi connectivity index (χ2n) is 6.44. The summed E-state index contributed by atoms with van der Waals surface area (Å²) in [7, 11) is 0. The summed E-state index contributed by atoms with van der Waals surface area (Å²) in [6, 6.07) is 6.17. The number of halogens is 1. The fraction of sp³-hybridized carbons (Fsp3) is 0.647. The summed E-state index contributed by atoms with van der Waals surface area (Å²) < 4.78 is 13.5. The topological polar surface area (TPSA) is 15.3 Å². The Morgan fingerprint density at radius 3 is 2.85 bits per heavy atom. The Bertz CT molecular complexity index is 445. The number of hydrogen-bond donors (Lipinski definition) is 1. The maximum Gasteiger partial charge on any atom is 0.123 e. The second-order valence-corrected chi connectivity index (χ2v) is 6.44. The van der Waals surface area contributed by atoms with Crippen LogP contribution in [0.1, 0.15) is 38.3 Å². The maximum absolute atomic E-state index is 13.5. The van der Waals surface area contributed by atoms with Gasteiger partial charge in [0.05, 0.1) is 0 Å². The van der Waals surface area contributed by atoms with Crippen molar-refractivity contribution in [3.63, 3.8) is 0 Å². The molecule has 1 aromatic rings. The largest absolute Gasteiger partial charge is 0.312 e. The Labute approximate surface area is 122 Å². The van der Waals surface area contributed by atoms with Crippen LogP contribution in [0.2, 0.25) is 0 Å². The molecule has 0 aliphatic carbocycles. The third-order valence-corrected chi connectivity index (χ3v) is 4.51. The molecular weight excluding hydrogens is 251 g/mol. The zero-order valence-electron chi connectivity index (χ0n) is 13.1. The number of nitrogens with zero attached hydrogens (tertiary/aromatic N) is 1. The van der Waals surface area contributed by atoms with Gasteiger partial charge >= 0.3 is 0 Å². The lowest BCUT2D eigenvalue weighted by molar-refractivity contribution is 0.183. The standard InChI is InChI=1S/C17H27FN2/c1-12(2)17-11-20(14(4)7-8-19-17)10-15-9-16(18)6-5-13(15)3/h5-6,9,12,14,17,19H,7-8,10-11H2,1-4H3. The van der Waals surface area contributed by atoms with E-state index >= 15 is 0 Å². The van der Waals surface area contributed by atoms with E-state index in [0.717, 1.165) is 31.6 Å². The van der Waals surface area contributed by atoms with Gasteiger partial charge in [0, 0.05) is 25.2 Å². The van der Waals surface area contributed by atoms with Crippen LogP contribution in [0.25, 0.3) is 0 Å². The van der Waals surface area contributed by atoms with Gasteiger partial charge in [0.25, 0.3) is 0 Å². The van der Waals surface area contributed by atoms with Crippen molar-refractivity contribution in [3.8, 4) is 0 Å². The predicted octanol–water partition coefficient (Wildman–Crippen LogP) is 3.34. The fourth-order valence-corrected chi connectivity index (χ4v) is 2.85. The summed E-state index contributed by atoms with van der Waals surface area (Å²) in [6.45, 7) is 11.8. The van der Waals surface area contributed by atoms with Gasteiger partial charge in [0.2, 0.25) is 0 Å². The Morgan fingerprint density at radius 2 is 2.15 bits per heavy atom. The number of nitrogens with one attached hydrogen (secondary N) is 1. The van der Waals surface area contributed by atoms with E-state index in [0.29, 0.717) is 18.0 Å². The minimum Gasteiger partial charge on any atom is -0.312 e. The highest BCUT2D eigenvalue weighted by Gasteiger charge is 2.24. The van der Waals surface area contributed by atoms with E-state index in [1.165, 1.54) is 5.56 Å². The lowest BCUT2D eigenvalue weighted by Crippen LogP contribution is -2.42. The van der Waals surface area contributed by atoms with Crippen LogP contribution in [-0.4, -0.2) is 30.1 Å². The highest BCUT2D eigenvalue weighted by molar-refractivity contribution is 5.26. The molecule has 2 unspecified atom stereocenters. The van der Waals surface area contributed by atoms with E-state index in [9.17, 15) is 4.39 Å². The third kappa shape index (κ3) is 3.80. The molecule has 0 radical (unpaired) electrons. The van der Waals surface area contributed by atoms with Crippen LogP contribution in [0.5, 0.6) is 0 Å². The van der Waals surface area contributed by atoms with Crippen LogP contribution < -0.4 is 5.32 Å². The second kappa shape index (κ2) is 6.68. The molecule has 1 aliphatic rings. The molecule has 1 fully saturated rings. The van der Waals surface area contributed by atoms with E-state index in [-0.39, 0.29) is 5.82 Å². The van der Waals surface area contributed by atoms with Crippen LogP contribution in [0, 0.1) is 18.7 Å². The number of hydrogen-bond acceptors (Lipinski definition) is 2. The molecule has 0 amide bonds. The first-order chi connectivity index (χ1) is 9.47. The molecule has 0 spiro atoms. The molecule has 1 aromatic carbocycles. The monoisotopic (exact) mass is 278 g/mol. The van der Waals surface area contributed by atoms with Crippen LogP contribution in [0.3, 0.4) is 0 Å². The Morgan fingerprint density at radius 1 is 1.40 bits per heavy atom. The Hall–Kier alpha value is -0.930. The van der Waals surface area contributed by atoms with Gasteiger partial charge in [-0.05, 0) is 56.0 Å². The van der Waals surface area contributed by atoms with Gasteiger partial charge in [-0.1, -0.05) is 19.9 Å². The lowest BCUT2D eigenvalue weighted by atomic mass is 10.0. The average Bonchev–Trinajstić information content (AvgIpc) is 2.57. The van der Waals surface area contributed by atoms with Gasteiger partial charge in [0.15, 0.2) is 0 Å². The van der Waals surface area contributed by atoms with Gasteiger partial charge in [-0.3, -0.25) is 4.90 Å². The van der Waals surface area contributed by atoms with Gasteiger partial charge < -0.3 is 5.32 Å². The highest BCUT2D eigenvalue weighted by Crippen LogP contribution is 2.19. The molecule has 0 bridgehead atoms. The van der Waals surface area contributed by atoms with Gasteiger partial charge in [-0.15, -0.1) is 0 Å². The molecule has 0 aromatic heterocycles. The fourth-order valence-electron chi connectivity index (χ4n) is 2.85. The molecule has 1 N–H and O–H groups in total. The van der Waals surface area contributed by atoms with E-state index < -0.39 is 0 Å². The van der Waals surface area contributed by atoms with Gasteiger partial charge in [-0.25, -0.2) is 4.39 Å². The summed E-state index contributed by atoms with van der Waals surface area (Å²) >= 11 is 0. The minimum absolute atomic E-state index is 0.133. The Kier molecular flexibility index (Phi) is 5.17. The molecule has 2 atom stereocenters. The molecule has 1 saturated heterocycles. The third-order valence-electron chi connectivity index (χ3n) is 4.51. The van der Waals surface area contributed by atoms with Crippen molar-refractivity contribution < 1.29 is 4.39 Å². The van der Waals surface area contributed by atoms with Crippen molar-refractivity contribution in [1.82, 2.24) is 10.2 Å². The molecule has 2 rings (SSSR count). The van der Waals surface area contributed by atoms with Crippen molar-refractivity contribution in [1.29, 1.82) is 0 Å². The first-order valence-corrected chi connectivity index (χ1v) is 7.70. The van der Waals surface area contributed by atoms with Crippen molar-refractivity contribution in [2.45, 2.75) is 52.7 Å². The van der Waals surface area contributed by atoms with Crippen molar-refractivity contribution >= 4 is 0 Å². The highest BCUT2D eigenvalue weighted by atomic mass is 19.1. The number of aryl methyl sites for hydroxylation is 1. The van der Waals surface area contributed by atoms with Crippen molar-refractivity contribution in [2.75, 3.05) is 13.1 Å². The van der Waals surface area contributed by atoms with E-state index in [1.807, 2.05) is 6.07 Å². The normalized spacial score (nSPS) is 24.9. The quantitative estimate of drug-likeness (QED) is 0.912. The number of rotatable bonds is 3. The van der Waals surface area contributed by atoms with Gasteiger partial charge in [-0.2, -0.15) is 0 Å². The molecular formula is C17H27FN2. The summed E-state index contributed by atoms with van der Waals surface area (Å²) in [5.41, 5.74) is 2.29. The van der Waals surface area contributed by atoms with E-state index in [1.54, 1.807) is 12.1 Å². The van der Waals surface area contributed by atoms with Crippen LogP contribution >= 0.6 is 0 Å². The first-order valence-electron chi connectivity index (χ1n) is 7.70. The number of benzene rings is 1. The Balaban J connectivity index is 2.14. The molecule has 0 saturated carbocycles. The summed E-state index contributed by atoms with van der Waals surface area (Å²) in [5.74, 6) is 0.489.